The zero-order valence-electron chi connectivity index (χ0n) is 11.9. The average molecular weight is 268 g/mol. The van der Waals surface area contributed by atoms with Crippen LogP contribution in [0.15, 0.2) is 4.99 Å². The van der Waals surface area contributed by atoms with Crippen molar-refractivity contribution >= 4 is 5.96 Å². The number of nitrogens with one attached hydrogen (secondary N) is 2. The molecular weight excluding hydrogens is 240 g/mol. The first kappa shape index (κ1) is 14.6. The summed E-state index contributed by atoms with van der Waals surface area (Å²) in [6.45, 7) is 2.51. The largest absolute Gasteiger partial charge is 0.381 e. The van der Waals surface area contributed by atoms with E-state index in [1.165, 1.54) is 44.9 Å². The van der Waals surface area contributed by atoms with Gasteiger partial charge < -0.3 is 10.1 Å². The molecule has 2 aliphatic carbocycles. The Labute approximate surface area is 116 Å². The molecule has 0 radical (unpaired) electrons. The molecule has 0 amide bonds. The Morgan fingerprint density at radius 3 is 2.63 bits per heavy atom. The van der Waals surface area contributed by atoms with Crippen molar-refractivity contribution in [2.24, 2.45) is 16.8 Å². The Hall–Kier alpha value is -0.810. The SMILES string of the molecule is NNC(=NCCCOCC1CC1)NC1CCCCC1. The number of rotatable bonds is 7. The Morgan fingerprint density at radius 1 is 1.16 bits per heavy atom. The fourth-order valence-electron chi connectivity index (χ4n) is 2.47. The molecule has 0 bridgehead atoms. The lowest BCUT2D eigenvalue weighted by Gasteiger charge is -2.24. The highest BCUT2D eigenvalue weighted by Crippen LogP contribution is 2.28. The number of guanidine groups is 1. The van der Waals surface area contributed by atoms with Crippen LogP contribution in [0.2, 0.25) is 0 Å². The standard InChI is InChI=1S/C14H28N4O/c15-18-14(17-13-5-2-1-3-6-13)16-9-4-10-19-11-12-7-8-12/h12-13H,1-11,15H2,(H2,16,17,18). The Kier molecular flexibility index (Phi) is 6.44. The van der Waals surface area contributed by atoms with Gasteiger partial charge in [-0.25, -0.2) is 5.84 Å². The van der Waals surface area contributed by atoms with Crippen molar-refractivity contribution in [3.05, 3.63) is 0 Å². The molecule has 5 nitrogen and oxygen atoms in total. The van der Waals surface area contributed by atoms with Crippen LogP contribution in [0, 0.1) is 5.92 Å². The van der Waals surface area contributed by atoms with Crippen molar-refractivity contribution in [3.8, 4) is 0 Å². The van der Waals surface area contributed by atoms with Crippen LogP contribution in [-0.4, -0.2) is 31.8 Å². The summed E-state index contributed by atoms with van der Waals surface area (Å²) in [6, 6.07) is 0.537. The summed E-state index contributed by atoms with van der Waals surface area (Å²) in [7, 11) is 0. The van der Waals surface area contributed by atoms with Gasteiger partial charge in [-0.3, -0.25) is 10.4 Å². The van der Waals surface area contributed by atoms with E-state index in [4.69, 9.17) is 10.6 Å². The van der Waals surface area contributed by atoms with Crippen LogP contribution in [0.3, 0.4) is 0 Å². The summed E-state index contributed by atoms with van der Waals surface area (Å²) in [5.41, 5.74) is 2.67. The summed E-state index contributed by atoms with van der Waals surface area (Å²) in [4.78, 5) is 4.46. The Morgan fingerprint density at radius 2 is 1.95 bits per heavy atom. The zero-order valence-corrected chi connectivity index (χ0v) is 11.9. The van der Waals surface area contributed by atoms with Gasteiger partial charge >= 0.3 is 0 Å². The first-order valence-electron chi connectivity index (χ1n) is 7.74. The molecule has 2 saturated carbocycles. The number of hydrazine groups is 1. The Balaban J connectivity index is 1.54. The molecule has 2 rings (SSSR count). The second-order valence-electron chi connectivity index (χ2n) is 5.73. The van der Waals surface area contributed by atoms with Crippen molar-refractivity contribution < 1.29 is 4.74 Å². The van der Waals surface area contributed by atoms with Crippen molar-refractivity contribution in [2.45, 2.75) is 57.4 Å². The highest BCUT2D eigenvalue weighted by atomic mass is 16.5. The second kappa shape index (κ2) is 8.38. The van der Waals surface area contributed by atoms with E-state index in [0.29, 0.717) is 6.04 Å². The van der Waals surface area contributed by atoms with Gasteiger partial charge in [0.1, 0.15) is 0 Å². The molecule has 0 aromatic rings. The van der Waals surface area contributed by atoms with Gasteiger partial charge in [-0.2, -0.15) is 0 Å². The fraction of sp³-hybridized carbons (Fsp3) is 0.929. The average Bonchev–Trinajstić information content (AvgIpc) is 3.26. The maximum Gasteiger partial charge on any atom is 0.205 e. The molecule has 0 atom stereocenters. The molecule has 4 N–H and O–H groups in total. The highest BCUT2D eigenvalue weighted by molar-refractivity contribution is 5.79. The van der Waals surface area contributed by atoms with Gasteiger partial charge in [-0.05, 0) is 38.0 Å². The lowest BCUT2D eigenvalue weighted by atomic mass is 9.96. The van der Waals surface area contributed by atoms with E-state index in [-0.39, 0.29) is 0 Å². The zero-order chi connectivity index (χ0) is 13.3. The lowest BCUT2D eigenvalue weighted by molar-refractivity contribution is 0.123. The number of hydrogen-bond acceptors (Lipinski definition) is 3. The third kappa shape index (κ3) is 6.25. The summed E-state index contributed by atoms with van der Waals surface area (Å²) < 4.78 is 5.58. The number of nitrogens with zero attached hydrogens (tertiary/aromatic N) is 1. The normalized spacial score (nSPS) is 21.4. The van der Waals surface area contributed by atoms with Crippen molar-refractivity contribution in [3.63, 3.8) is 0 Å². The highest BCUT2D eigenvalue weighted by Gasteiger charge is 2.20. The van der Waals surface area contributed by atoms with Gasteiger partial charge in [-0.15, -0.1) is 0 Å². The molecule has 0 heterocycles. The number of nitrogens with two attached hydrogens (primary N) is 1. The summed E-state index contributed by atoms with van der Waals surface area (Å²) in [5, 5.41) is 3.40. The molecule has 2 aliphatic rings. The molecule has 5 heteroatoms. The van der Waals surface area contributed by atoms with E-state index in [2.05, 4.69) is 15.7 Å². The van der Waals surface area contributed by atoms with E-state index >= 15 is 0 Å². The minimum Gasteiger partial charge on any atom is -0.381 e. The summed E-state index contributed by atoms with van der Waals surface area (Å²) in [6.07, 6.45) is 10.1. The van der Waals surface area contributed by atoms with Gasteiger partial charge in [0, 0.05) is 25.8 Å². The van der Waals surface area contributed by atoms with E-state index in [1.807, 2.05) is 0 Å². The maximum atomic E-state index is 5.58. The smallest absolute Gasteiger partial charge is 0.205 e. The molecule has 110 valence electrons. The minimum atomic E-state index is 0.537. The fourth-order valence-corrected chi connectivity index (χ4v) is 2.47. The molecule has 19 heavy (non-hydrogen) atoms. The second-order valence-corrected chi connectivity index (χ2v) is 5.73. The van der Waals surface area contributed by atoms with Crippen LogP contribution in [0.25, 0.3) is 0 Å². The minimum absolute atomic E-state index is 0.537. The predicted molar refractivity (Wildman–Crippen MR) is 77.8 cm³/mol. The number of aliphatic imine (C=N–C) groups is 1. The molecule has 2 fully saturated rings. The van der Waals surface area contributed by atoms with Crippen molar-refractivity contribution in [1.29, 1.82) is 0 Å². The van der Waals surface area contributed by atoms with Gasteiger partial charge in [0.25, 0.3) is 0 Å². The van der Waals surface area contributed by atoms with Crippen LogP contribution in [-0.2, 0) is 4.74 Å². The van der Waals surface area contributed by atoms with Gasteiger partial charge in [0.2, 0.25) is 5.96 Å². The topological polar surface area (TPSA) is 71.7 Å². The molecule has 0 saturated heterocycles. The van der Waals surface area contributed by atoms with Crippen LogP contribution < -0.4 is 16.6 Å². The molecule has 0 aliphatic heterocycles. The van der Waals surface area contributed by atoms with E-state index < -0.39 is 0 Å². The van der Waals surface area contributed by atoms with Crippen LogP contribution in [0.5, 0.6) is 0 Å². The predicted octanol–water partition coefficient (Wildman–Crippen LogP) is 1.54. The first-order valence-corrected chi connectivity index (χ1v) is 7.74. The monoisotopic (exact) mass is 268 g/mol. The molecule has 0 aromatic heterocycles. The van der Waals surface area contributed by atoms with E-state index in [1.54, 1.807) is 0 Å². The van der Waals surface area contributed by atoms with Gasteiger partial charge in [0.15, 0.2) is 0 Å². The number of ether oxygens (including phenoxy) is 1. The summed E-state index contributed by atoms with van der Waals surface area (Å²) >= 11 is 0. The third-order valence-corrected chi connectivity index (χ3v) is 3.85. The lowest BCUT2D eigenvalue weighted by Crippen LogP contribution is -2.47. The van der Waals surface area contributed by atoms with Gasteiger partial charge in [0.05, 0.1) is 0 Å². The Bertz CT molecular complexity index is 273. The van der Waals surface area contributed by atoms with Crippen molar-refractivity contribution in [1.82, 2.24) is 10.7 Å². The maximum absolute atomic E-state index is 5.58. The quantitative estimate of drug-likeness (QED) is 0.215. The molecule has 0 unspecified atom stereocenters. The van der Waals surface area contributed by atoms with Gasteiger partial charge in [-0.1, -0.05) is 19.3 Å². The third-order valence-electron chi connectivity index (χ3n) is 3.85. The van der Waals surface area contributed by atoms with E-state index in [0.717, 1.165) is 38.1 Å². The molecule has 0 aromatic carbocycles. The van der Waals surface area contributed by atoms with Crippen LogP contribution >= 0.6 is 0 Å². The summed E-state index contributed by atoms with van der Waals surface area (Å²) in [5.74, 6) is 7.08. The first-order chi connectivity index (χ1) is 9.38. The molecule has 0 spiro atoms. The van der Waals surface area contributed by atoms with Crippen LogP contribution in [0.1, 0.15) is 51.4 Å². The number of hydrogen-bond donors (Lipinski definition) is 3. The van der Waals surface area contributed by atoms with Crippen LogP contribution in [0.4, 0.5) is 0 Å². The van der Waals surface area contributed by atoms with Crippen molar-refractivity contribution in [2.75, 3.05) is 19.8 Å². The molecular formula is C14H28N4O. The van der Waals surface area contributed by atoms with E-state index in [9.17, 15) is 0 Å².